The lowest BCUT2D eigenvalue weighted by Gasteiger charge is -2.14. The van der Waals surface area contributed by atoms with Gasteiger partial charge in [0.15, 0.2) is 7.37 Å². The predicted molar refractivity (Wildman–Crippen MR) is 66.5 cm³/mol. The van der Waals surface area contributed by atoms with Crippen molar-refractivity contribution in [1.82, 2.24) is 0 Å². The first-order valence-electron chi connectivity index (χ1n) is 5.44. The van der Waals surface area contributed by atoms with E-state index in [1.54, 1.807) is 0 Å². The van der Waals surface area contributed by atoms with E-state index in [-0.39, 0.29) is 6.16 Å². The Hall–Kier alpha value is -1.12. The molecule has 4 nitrogen and oxygen atoms in total. The fourth-order valence-electron chi connectivity index (χ4n) is 1.69. The first kappa shape index (κ1) is 13.9. The van der Waals surface area contributed by atoms with E-state index in [1.165, 1.54) is 6.66 Å². The summed E-state index contributed by atoms with van der Waals surface area (Å²) in [4.78, 5) is 20.2. The van der Waals surface area contributed by atoms with E-state index in [1.807, 2.05) is 30.3 Å². The third-order valence-corrected chi connectivity index (χ3v) is 3.65. The van der Waals surface area contributed by atoms with Gasteiger partial charge in [0.1, 0.15) is 0 Å². The summed E-state index contributed by atoms with van der Waals surface area (Å²) in [6.07, 6.45) is 0.838. The maximum Gasteiger partial charge on any atom is 0.307 e. The van der Waals surface area contributed by atoms with E-state index in [9.17, 15) is 14.3 Å². The highest BCUT2D eigenvalue weighted by Crippen LogP contribution is 2.38. The van der Waals surface area contributed by atoms with Crippen molar-refractivity contribution in [3.8, 4) is 0 Å². The van der Waals surface area contributed by atoms with Gasteiger partial charge in [-0.3, -0.25) is 9.36 Å². The third-order valence-electron chi connectivity index (χ3n) is 2.53. The zero-order chi connectivity index (χ0) is 12.9. The Balaban J connectivity index is 2.57. The zero-order valence-corrected chi connectivity index (χ0v) is 10.6. The van der Waals surface area contributed by atoms with E-state index >= 15 is 0 Å². The highest BCUT2D eigenvalue weighted by atomic mass is 31.2. The molecular formula is C12H17O4P. The molecule has 0 aliphatic heterocycles. The highest BCUT2D eigenvalue weighted by Gasteiger charge is 2.24. The Morgan fingerprint density at radius 3 is 2.41 bits per heavy atom. The molecule has 0 spiro atoms. The first-order valence-corrected chi connectivity index (χ1v) is 7.74. The molecule has 1 rings (SSSR count). The first-order chi connectivity index (χ1) is 7.88. The monoisotopic (exact) mass is 256 g/mol. The molecule has 0 bridgehead atoms. The van der Waals surface area contributed by atoms with Gasteiger partial charge < -0.3 is 10.00 Å². The quantitative estimate of drug-likeness (QED) is 0.765. The number of hydrogen-bond donors (Lipinski definition) is 2. The summed E-state index contributed by atoms with van der Waals surface area (Å²) in [5, 5.41) is 8.98. The lowest BCUT2D eigenvalue weighted by atomic mass is 10.0. The maximum absolute atomic E-state index is 11.2. The summed E-state index contributed by atoms with van der Waals surface area (Å²) in [6, 6.07) is 9.52. The molecule has 0 saturated carbocycles. The Morgan fingerprint density at radius 2 is 1.94 bits per heavy atom. The molecular weight excluding hydrogens is 239 g/mol. The van der Waals surface area contributed by atoms with Crippen LogP contribution in [0.3, 0.4) is 0 Å². The standard InChI is InChI=1S/C12H17O4P/c1-17(15,16)9-11(12(13)14)8-7-10-5-3-2-4-6-10/h2-6,11H,7-9H2,1H3,(H,13,14)(H,15,16). The molecule has 0 fully saturated rings. The molecule has 17 heavy (non-hydrogen) atoms. The van der Waals surface area contributed by atoms with Crippen LogP contribution >= 0.6 is 7.37 Å². The molecule has 0 heterocycles. The van der Waals surface area contributed by atoms with Crippen molar-refractivity contribution in [1.29, 1.82) is 0 Å². The van der Waals surface area contributed by atoms with E-state index < -0.39 is 19.3 Å². The second-order valence-electron chi connectivity index (χ2n) is 4.29. The van der Waals surface area contributed by atoms with E-state index in [4.69, 9.17) is 5.11 Å². The number of carboxylic acid groups (broad SMARTS) is 1. The SMILES string of the molecule is CP(=O)(O)CC(CCc1ccccc1)C(=O)O. The van der Waals surface area contributed by atoms with Crippen molar-refractivity contribution in [3.63, 3.8) is 0 Å². The lowest BCUT2D eigenvalue weighted by Crippen LogP contribution is -2.18. The van der Waals surface area contributed by atoms with Gasteiger partial charge in [0.2, 0.25) is 0 Å². The molecule has 0 radical (unpaired) electrons. The van der Waals surface area contributed by atoms with Crippen molar-refractivity contribution in [2.24, 2.45) is 5.92 Å². The molecule has 0 aromatic heterocycles. The lowest BCUT2D eigenvalue weighted by molar-refractivity contribution is -0.141. The van der Waals surface area contributed by atoms with Crippen LogP contribution in [0.2, 0.25) is 0 Å². The van der Waals surface area contributed by atoms with Crippen LogP contribution in [-0.2, 0) is 15.8 Å². The number of carboxylic acids is 1. The number of aliphatic carboxylic acids is 1. The van der Waals surface area contributed by atoms with Crippen molar-refractivity contribution >= 4 is 13.3 Å². The maximum atomic E-state index is 11.2. The van der Waals surface area contributed by atoms with E-state index in [0.717, 1.165) is 5.56 Å². The molecule has 94 valence electrons. The smallest absolute Gasteiger partial charge is 0.307 e. The van der Waals surface area contributed by atoms with Gasteiger partial charge in [-0.15, -0.1) is 0 Å². The molecule has 0 aliphatic carbocycles. The molecule has 2 atom stereocenters. The summed E-state index contributed by atoms with van der Waals surface area (Å²) in [5.41, 5.74) is 1.04. The normalized spacial score (nSPS) is 16.1. The van der Waals surface area contributed by atoms with Gasteiger partial charge in [0.25, 0.3) is 0 Å². The average Bonchev–Trinajstić information content (AvgIpc) is 2.24. The molecule has 0 aliphatic rings. The van der Waals surface area contributed by atoms with Gasteiger partial charge in [0, 0.05) is 12.8 Å². The molecule has 5 heteroatoms. The van der Waals surface area contributed by atoms with Crippen LogP contribution in [0.25, 0.3) is 0 Å². The van der Waals surface area contributed by atoms with Gasteiger partial charge in [-0.05, 0) is 18.4 Å². The minimum Gasteiger partial charge on any atom is -0.481 e. The Bertz CT molecular complexity index is 410. The second kappa shape index (κ2) is 5.99. The van der Waals surface area contributed by atoms with Crippen molar-refractivity contribution in [3.05, 3.63) is 35.9 Å². The number of hydrogen-bond acceptors (Lipinski definition) is 2. The van der Waals surface area contributed by atoms with Gasteiger partial charge >= 0.3 is 5.97 Å². The minimum atomic E-state index is -3.28. The van der Waals surface area contributed by atoms with Crippen LogP contribution in [-0.4, -0.2) is 28.8 Å². The van der Waals surface area contributed by atoms with Gasteiger partial charge in [-0.2, -0.15) is 0 Å². The molecule has 2 N–H and O–H groups in total. The number of carbonyl (C=O) groups is 1. The largest absolute Gasteiger partial charge is 0.481 e. The molecule has 1 aromatic rings. The highest BCUT2D eigenvalue weighted by molar-refractivity contribution is 7.57. The zero-order valence-electron chi connectivity index (χ0n) is 9.74. The van der Waals surface area contributed by atoms with Crippen LogP contribution in [0.15, 0.2) is 30.3 Å². The van der Waals surface area contributed by atoms with Crippen LogP contribution in [0.1, 0.15) is 12.0 Å². The average molecular weight is 256 g/mol. The van der Waals surface area contributed by atoms with Crippen molar-refractivity contribution in [2.75, 3.05) is 12.8 Å². The Labute approximate surface area is 101 Å². The van der Waals surface area contributed by atoms with Gasteiger partial charge in [-0.25, -0.2) is 0 Å². The minimum absolute atomic E-state index is 0.158. The molecule has 0 saturated heterocycles. The van der Waals surface area contributed by atoms with Crippen LogP contribution in [0.4, 0.5) is 0 Å². The summed E-state index contributed by atoms with van der Waals surface area (Å²) < 4.78 is 11.2. The predicted octanol–water partition coefficient (Wildman–Crippen LogP) is 2.22. The molecule has 0 amide bonds. The number of benzene rings is 1. The third kappa shape index (κ3) is 5.66. The summed E-state index contributed by atoms with van der Waals surface area (Å²) >= 11 is 0. The van der Waals surface area contributed by atoms with Crippen molar-refractivity contribution < 1.29 is 19.4 Å². The number of rotatable bonds is 6. The van der Waals surface area contributed by atoms with Gasteiger partial charge in [0.05, 0.1) is 5.92 Å². The fourth-order valence-corrected chi connectivity index (χ4v) is 2.84. The molecule has 2 unspecified atom stereocenters. The Morgan fingerprint density at radius 1 is 1.35 bits per heavy atom. The molecule has 1 aromatic carbocycles. The van der Waals surface area contributed by atoms with Crippen LogP contribution < -0.4 is 0 Å². The van der Waals surface area contributed by atoms with Crippen LogP contribution in [0.5, 0.6) is 0 Å². The summed E-state index contributed by atoms with van der Waals surface area (Å²) in [7, 11) is -3.28. The van der Waals surface area contributed by atoms with Crippen LogP contribution in [0, 0.1) is 5.92 Å². The summed E-state index contributed by atoms with van der Waals surface area (Å²) in [5.74, 6) is -1.76. The topological polar surface area (TPSA) is 74.6 Å². The van der Waals surface area contributed by atoms with Gasteiger partial charge in [-0.1, -0.05) is 30.3 Å². The van der Waals surface area contributed by atoms with E-state index in [0.29, 0.717) is 12.8 Å². The summed E-state index contributed by atoms with van der Waals surface area (Å²) in [6.45, 7) is 1.20. The fraction of sp³-hybridized carbons (Fsp3) is 0.417. The van der Waals surface area contributed by atoms with E-state index in [2.05, 4.69) is 0 Å². The Kier molecular flexibility index (Phi) is 4.91. The second-order valence-corrected chi connectivity index (χ2v) is 6.76. The van der Waals surface area contributed by atoms with Crippen molar-refractivity contribution in [2.45, 2.75) is 12.8 Å². The number of aryl methyl sites for hydroxylation is 1.